The van der Waals surface area contributed by atoms with Gasteiger partial charge in [0, 0.05) is 0 Å². The first-order valence-electron chi connectivity index (χ1n) is 20.3. The van der Waals surface area contributed by atoms with Crippen molar-refractivity contribution in [2.45, 2.75) is 0 Å². The van der Waals surface area contributed by atoms with Crippen LogP contribution in [0.25, 0.3) is 0 Å². The Kier molecular flexibility index (Phi) is 10.8. The molecule has 0 saturated carbocycles. The summed E-state index contributed by atoms with van der Waals surface area (Å²) < 4.78 is 0. The summed E-state index contributed by atoms with van der Waals surface area (Å²) in [5.41, 5.74) is 0. The van der Waals surface area contributed by atoms with E-state index < -0.39 is 30.1 Å². The summed E-state index contributed by atoms with van der Waals surface area (Å²) in [4.78, 5) is 0. The molecule has 4 heteroatoms. The summed E-state index contributed by atoms with van der Waals surface area (Å²) in [6.45, 7) is 0. The predicted octanol–water partition coefficient (Wildman–Crippen LogP) is 5.96. The summed E-state index contributed by atoms with van der Waals surface area (Å²) in [7, 11) is -12.3. The first-order chi connectivity index (χ1) is 28.8. The maximum atomic E-state index is 2.55. The monoisotopic (exact) mass is 806 g/mol. The van der Waals surface area contributed by atoms with Crippen LogP contribution < -0.4 is 46.7 Å². The van der Waals surface area contributed by atoms with E-state index in [2.05, 4.69) is 273 Å². The van der Waals surface area contributed by atoms with Crippen LogP contribution in [0, 0.1) is 0 Å². The second kappa shape index (κ2) is 16.8. The van der Waals surface area contributed by atoms with Crippen molar-refractivity contribution in [3.63, 3.8) is 0 Å². The molecule has 0 bridgehead atoms. The van der Waals surface area contributed by atoms with Crippen molar-refractivity contribution in [1.29, 1.82) is 0 Å². The Labute approximate surface area is 347 Å². The molecule has 58 heavy (non-hydrogen) atoms. The van der Waals surface area contributed by atoms with Gasteiger partial charge < -0.3 is 0 Å². The quantitative estimate of drug-likeness (QED) is 0.106. The third kappa shape index (κ3) is 6.08. The fourth-order valence-corrected chi connectivity index (χ4v) is 83.4. The van der Waals surface area contributed by atoms with Gasteiger partial charge in [-0.25, -0.2) is 0 Å². The van der Waals surface area contributed by atoms with Crippen LogP contribution in [0.1, 0.15) is 0 Å². The Morgan fingerprint density at radius 3 is 0.672 bits per heavy atom. The lowest BCUT2D eigenvalue weighted by Crippen LogP contribution is -3.06. The highest BCUT2D eigenvalue weighted by atomic mass is 29.8. The van der Waals surface area contributed by atoms with Gasteiger partial charge in [0.15, 0.2) is 0 Å². The molecule has 0 aliphatic heterocycles. The molecule has 0 heterocycles. The molecule has 0 N–H and O–H groups in total. The molecule has 9 aromatic carbocycles. The van der Waals surface area contributed by atoms with Gasteiger partial charge in [-0.3, -0.25) is 0 Å². The second-order valence-corrected chi connectivity index (χ2v) is 42.7. The molecule has 0 unspecified atom stereocenters. The van der Waals surface area contributed by atoms with E-state index in [4.69, 9.17) is 0 Å². The van der Waals surface area contributed by atoms with Gasteiger partial charge in [0.05, 0.1) is 0 Å². The van der Waals surface area contributed by atoms with E-state index in [-0.39, 0.29) is 0 Å². The predicted molar refractivity (Wildman–Crippen MR) is 259 cm³/mol. The van der Waals surface area contributed by atoms with Crippen molar-refractivity contribution >= 4 is 76.8 Å². The maximum Gasteiger partial charge on any atom is 0.147 e. The van der Waals surface area contributed by atoms with Crippen molar-refractivity contribution in [3.8, 4) is 0 Å². The average molecular weight is 807 g/mol. The molecule has 0 atom stereocenters. The van der Waals surface area contributed by atoms with Crippen LogP contribution in [0.4, 0.5) is 0 Å². The van der Waals surface area contributed by atoms with E-state index in [0.29, 0.717) is 0 Å². The minimum absolute atomic E-state index is 1.46. The second-order valence-electron chi connectivity index (χ2n) is 15.1. The van der Waals surface area contributed by atoms with Crippen molar-refractivity contribution < 1.29 is 0 Å². The largest absolute Gasteiger partial charge is 0.147 e. The normalized spacial score (nSPS) is 11.9. The molecule has 0 saturated heterocycles. The van der Waals surface area contributed by atoms with E-state index in [1.165, 1.54) is 46.7 Å². The summed E-state index contributed by atoms with van der Waals surface area (Å²) in [5, 5.41) is 13.4. The summed E-state index contributed by atoms with van der Waals surface area (Å²) >= 11 is 0. The number of hydrogen-bond donors (Lipinski definition) is 0. The minimum atomic E-state index is -3.40. The van der Waals surface area contributed by atoms with Crippen molar-refractivity contribution in [3.05, 3.63) is 273 Å². The van der Waals surface area contributed by atoms with Crippen molar-refractivity contribution in [1.82, 2.24) is 0 Å². The Hall–Kier alpha value is -6.15. The Morgan fingerprint density at radius 1 is 0.207 bits per heavy atom. The van der Waals surface area contributed by atoms with Gasteiger partial charge in [-0.05, 0) is 0 Å². The van der Waals surface area contributed by atoms with Crippen LogP contribution in [-0.4, -0.2) is 30.1 Å². The fourth-order valence-electron chi connectivity index (χ4n) is 10.5. The molecule has 9 rings (SSSR count). The van der Waals surface area contributed by atoms with E-state index in [0.717, 1.165) is 0 Å². The zero-order valence-electron chi connectivity index (χ0n) is 32.6. The van der Waals surface area contributed by atoms with Gasteiger partial charge in [-0.2, -0.15) is 0 Å². The standard InChI is InChI=1S/C54H46Si4/c1-10-28-46(29-11-1)55(47-30-12-2-13-31-47)57(51-38-20-6-21-39-51,52-40-22-7-23-41-52)58(53-42-24-8-25-43-53,54-44-26-9-27-45-54)56(48-32-14-3-15-33-48,49-34-16-4-17-35-49)50-36-18-5-19-37-50/h1-45,55H. The van der Waals surface area contributed by atoms with Crippen LogP contribution in [0.2, 0.25) is 0 Å². The molecule has 0 spiro atoms. The third-order valence-electron chi connectivity index (χ3n) is 12.3. The lowest BCUT2D eigenvalue weighted by molar-refractivity contribution is 1.67. The Balaban J connectivity index is 1.69. The van der Waals surface area contributed by atoms with Gasteiger partial charge in [0.2, 0.25) is 0 Å². The van der Waals surface area contributed by atoms with Gasteiger partial charge in [-0.15, -0.1) is 0 Å². The fraction of sp³-hybridized carbons (Fsp3) is 0. The highest BCUT2D eigenvalue weighted by Crippen LogP contribution is 2.33. The van der Waals surface area contributed by atoms with Crippen molar-refractivity contribution in [2.24, 2.45) is 0 Å². The molecule has 0 aliphatic rings. The molecule has 0 fully saturated rings. The highest BCUT2D eigenvalue weighted by Gasteiger charge is 2.74. The van der Waals surface area contributed by atoms with Crippen LogP contribution in [-0.2, 0) is 0 Å². The molecular weight excluding hydrogens is 761 g/mol. The lowest BCUT2D eigenvalue weighted by atomic mass is 10.3. The smallest absolute Gasteiger partial charge is 0.0632 e. The van der Waals surface area contributed by atoms with Crippen LogP contribution in [0.3, 0.4) is 0 Å². The molecule has 0 amide bonds. The van der Waals surface area contributed by atoms with Crippen LogP contribution in [0.15, 0.2) is 273 Å². The Morgan fingerprint density at radius 2 is 0.414 bits per heavy atom. The molecule has 0 aromatic heterocycles. The number of rotatable bonds is 12. The molecule has 9 aromatic rings. The lowest BCUT2D eigenvalue weighted by Gasteiger charge is -2.61. The third-order valence-corrected chi connectivity index (χ3v) is 63.4. The molecule has 278 valence electrons. The zero-order chi connectivity index (χ0) is 39.1. The number of hydrogen-bond acceptors (Lipinski definition) is 0. The van der Waals surface area contributed by atoms with Gasteiger partial charge >= 0.3 is 0 Å². The molecule has 0 nitrogen and oxygen atoms in total. The molecule has 0 aliphatic carbocycles. The van der Waals surface area contributed by atoms with Crippen LogP contribution >= 0.6 is 0 Å². The van der Waals surface area contributed by atoms with E-state index in [1.807, 2.05) is 0 Å². The first-order valence-corrected chi connectivity index (χ1v) is 31.3. The molecular formula is C54H46Si4. The highest BCUT2D eigenvalue weighted by molar-refractivity contribution is 7.98. The molecule has 0 radical (unpaired) electrons. The summed E-state index contributed by atoms with van der Waals surface area (Å²) in [5.74, 6) is 0. The zero-order valence-corrected chi connectivity index (χ0v) is 36.7. The van der Waals surface area contributed by atoms with Crippen molar-refractivity contribution in [2.75, 3.05) is 0 Å². The van der Waals surface area contributed by atoms with E-state index in [9.17, 15) is 0 Å². The minimum Gasteiger partial charge on any atom is -0.0632 e. The topological polar surface area (TPSA) is 0 Å². The van der Waals surface area contributed by atoms with Gasteiger partial charge in [-0.1, -0.05) is 320 Å². The van der Waals surface area contributed by atoms with Gasteiger partial charge in [0.25, 0.3) is 0 Å². The average Bonchev–Trinajstić information content (AvgIpc) is 3.33. The summed E-state index contributed by atoms with van der Waals surface area (Å²) in [6.07, 6.45) is 0. The van der Waals surface area contributed by atoms with E-state index >= 15 is 0 Å². The summed E-state index contributed by atoms with van der Waals surface area (Å²) in [6, 6.07) is 107. The SMILES string of the molecule is c1ccc([SiH](c2ccccc2)[Si](c2ccccc2)(c2ccccc2)[Si](c2ccccc2)(c2ccccc2)[Si](c2ccccc2)(c2ccccc2)c2ccccc2)cc1. The van der Waals surface area contributed by atoms with Crippen LogP contribution in [0.5, 0.6) is 0 Å². The Bertz CT molecular complexity index is 2410. The maximum absolute atomic E-state index is 3.40. The van der Waals surface area contributed by atoms with E-state index in [1.54, 1.807) is 0 Å². The number of benzene rings is 9. The van der Waals surface area contributed by atoms with Gasteiger partial charge in [0.1, 0.15) is 30.1 Å². The first kappa shape index (κ1) is 37.4.